The summed E-state index contributed by atoms with van der Waals surface area (Å²) in [4.78, 5) is 13.9. The van der Waals surface area contributed by atoms with Gasteiger partial charge in [0.15, 0.2) is 5.78 Å². The molecule has 1 aromatic carbocycles. The van der Waals surface area contributed by atoms with E-state index < -0.39 is 0 Å². The van der Waals surface area contributed by atoms with Gasteiger partial charge in [0, 0.05) is 29.9 Å². The first-order valence-electron chi connectivity index (χ1n) is 6.69. The minimum absolute atomic E-state index is 0.130. The molecule has 1 aromatic rings. The lowest BCUT2D eigenvalue weighted by molar-refractivity contribution is 0.101. The molecular weight excluding hydrogens is 224 g/mol. The number of benzene rings is 1. The molecule has 1 saturated heterocycles. The van der Waals surface area contributed by atoms with Crippen LogP contribution < -0.4 is 10.2 Å². The van der Waals surface area contributed by atoms with Crippen molar-refractivity contribution < 1.29 is 4.79 Å². The molecule has 98 valence electrons. The number of carbonyl (C=O) groups excluding carboxylic acids is 1. The second-order valence-corrected chi connectivity index (χ2v) is 5.20. The molecule has 0 spiro atoms. The van der Waals surface area contributed by atoms with Crippen LogP contribution in [0.5, 0.6) is 0 Å². The average Bonchev–Trinajstić information content (AvgIpc) is 2.51. The standard InChI is InChI=1S/C15H22N2O/c1-11-7-8-16-10-12(2)17(11)15-6-4-5-14(9-15)13(3)18/h4-6,9,11-12,16H,7-8,10H2,1-3H3. The quantitative estimate of drug-likeness (QED) is 0.814. The van der Waals surface area contributed by atoms with E-state index in [2.05, 4.69) is 30.1 Å². The number of anilines is 1. The second kappa shape index (κ2) is 5.53. The topological polar surface area (TPSA) is 32.3 Å². The highest BCUT2D eigenvalue weighted by atomic mass is 16.1. The van der Waals surface area contributed by atoms with E-state index in [0.29, 0.717) is 12.1 Å². The van der Waals surface area contributed by atoms with Gasteiger partial charge in [-0.2, -0.15) is 0 Å². The normalized spacial score (nSPS) is 24.7. The lowest BCUT2D eigenvalue weighted by Gasteiger charge is -2.34. The van der Waals surface area contributed by atoms with Crippen LogP contribution in [-0.4, -0.2) is 31.0 Å². The molecule has 1 aliphatic heterocycles. The molecule has 1 aliphatic rings. The van der Waals surface area contributed by atoms with Gasteiger partial charge in [0.05, 0.1) is 0 Å². The van der Waals surface area contributed by atoms with E-state index in [4.69, 9.17) is 0 Å². The van der Waals surface area contributed by atoms with Crippen molar-refractivity contribution in [1.29, 1.82) is 0 Å². The fourth-order valence-corrected chi connectivity index (χ4v) is 2.69. The van der Waals surface area contributed by atoms with Gasteiger partial charge < -0.3 is 10.2 Å². The summed E-state index contributed by atoms with van der Waals surface area (Å²) in [6, 6.07) is 8.92. The summed E-state index contributed by atoms with van der Waals surface area (Å²) in [5, 5.41) is 3.46. The van der Waals surface area contributed by atoms with Gasteiger partial charge in [0.1, 0.15) is 0 Å². The van der Waals surface area contributed by atoms with Crippen LogP contribution in [0.4, 0.5) is 5.69 Å². The summed E-state index contributed by atoms with van der Waals surface area (Å²) in [5.74, 6) is 0.130. The van der Waals surface area contributed by atoms with E-state index in [1.165, 1.54) is 0 Å². The molecule has 1 heterocycles. The van der Waals surface area contributed by atoms with Crippen molar-refractivity contribution >= 4 is 11.5 Å². The predicted molar refractivity (Wildman–Crippen MR) is 75.3 cm³/mol. The molecule has 0 radical (unpaired) electrons. The fourth-order valence-electron chi connectivity index (χ4n) is 2.69. The van der Waals surface area contributed by atoms with Gasteiger partial charge in [0.2, 0.25) is 0 Å². The zero-order chi connectivity index (χ0) is 13.1. The fraction of sp³-hybridized carbons (Fsp3) is 0.533. The van der Waals surface area contributed by atoms with Gasteiger partial charge in [0.25, 0.3) is 0 Å². The summed E-state index contributed by atoms with van der Waals surface area (Å²) >= 11 is 0. The third-order valence-electron chi connectivity index (χ3n) is 3.68. The summed E-state index contributed by atoms with van der Waals surface area (Å²) in [6.45, 7) is 8.16. The highest BCUT2D eigenvalue weighted by Crippen LogP contribution is 2.24. The SMILES string of the molecule is CC(=O)c1cccc(N2C(C)CCNCC2C)c1. The number of nitrogens with zero attached hydrogens (tertiary/aromatic N) is 1. The van der Waals surface area contributed by atoms with E-state index in [1.807, 2.05) is 18.2 Å². The summed E-state index contributed by atoms with van der Waals surface area (Å²) in [5.41, 5.74) is 1.95. The Bertz CT molecular complexity index is 418. The van der Waals surface area contributed by atoms with Gasteiger partial charge in [-0.15, -0.1) is 0 Å². The van der Waals surface area contributed by atoms with Crippen molar-refractivity contribution in [2.45, 2.75) is 39.3 Å². The van der Waals surface area contributed by atoms with Gasteiger partial charge in [-0.1, -0.05) is 12.1 Å². The second-order valence-electron chi connectivity index (χ2n) is 5.20. The van der Waals surface area contributed by atoms with Crippen molar-refractivity contribution in [3.8, 4) is 0 Å². The lowest BCUT2D eigenvalue weighted by Crippen LogP contribution is -2.42. The van der Waals surface area contributed by atoms with Crippen molar-refractivity contribution in [1.82, 2.24) is 5.32 Å². The summed E-state index contributed by atoms with van der Waals surface area (Å²) < 4.78 is 0. The number of carbonyl (C=O) groups is 1. The maximum absolute atomic E-state index is 11.5. The van der Waals surface area contributed by atoms with Gasteiger partial charge in [-0.05, 0) is 45.9 Å². The van der Waals surface area contributed by atoms with Crippen LogP contribution in [0.25, 0.3) is 0 Å². The Labute approximate surface area is 109 Å². The van der Waals surface area contributed by atoms with E-state index in [0.717, 1.165) is 30.8 Å². The highest BCUT2D eigenvalue weighted by molar-refractivity contribution is 5.95. The average molecular weight is 246 g/mol. The zero-order valence-electron chi connectivity index (χ0n) is 11.4. The number of Topliss-reactive ketones (excluding diaryl/α,β-unsaturated/α-hetero) is 1. The Kier molecular flexibility index (Phi) is 4.02. The first-order chi connectivity index (χ1) is 8.59. The molecule has 1 N–H and O–H groups in total. The van der Waals surface area contributed by atoms with Crippen LogP contribution in [0.2, 0.25) is 0 Å². The summed E-state index contributed by atoms with van der Waals surface area (Å²) in [7, 11) is 0. The molecule has 3 heteroatoms. The minimum atomic E-state index is 0.130. The Balaban J connectivity index is 2.32. The summed E-state index contributed by atoms with van der Waals surface area (Å²) in [6.07, 6.45) is 1.13. The number of hydrogen-bond acceptors (Lipinski definition) is 3. The van der Waals surface area contributed by atoms with E-state index in [1.54, 1.807) is 6.92 Å². The van der Waals surface area contributed by atoms with Crippen LogP contribution in [0.15, 0.2) is 24.3 Å². The molecule has 0 saturated carbocycles. The highest BCUT2D eigenvalue weighted by Gasteiger charge is 2.23. The number of nitrogens with one attached hydrogen (secondary N) is 1. The third-order valence-corrected chi connectivity index (χ3v) is 3.68. The van der Waals surface area contributed by atoms with Crippen LogP contribution in [-0.2, 0) is 0 Å². The molecule has 0 aliphatic carbocycles. The van der Waals surface area contributed by atoms with Crippen LogP contribution in [0.1, 0.15) is 37.6 Å². The molecule has 2 atom stereocenters. The monoisotopic (exact) mass is 246 g/mol. The van der Waals surface area contributed by atoms with E-state index >= 15 is 0 Å². The molecule has 3 nitrogen and oxygen atoms in total. The van der Waals surface area contributed by atoms with Crippen LogP contribution in [0, 0.1) is 0 Å². The van der Waals surface area contributed by atoms with Gasteiger partial charge in [-0.3, -0.25) is 4.79 Å². The first kappa shape index (κ1) is 13.1. The Morgan fingerprint density at radius 1 is 1.33 bits per heavy atom. The molecule has 0 bridgehead atoms. The lowest BCUT2D eigenvalue weighted by atomic mass is 10.1. The Hall–Kier alpha value is -1.35. The minimum Gasteiger partial charge on any atom is -0.365 e. The maximum Gasteiger partial charge on any atom is 0.159 e. The van der Waals surface area contributed by atoms with Gasteiger partial charge >= 0.3 is 0 Å². The van der Waals surface area contributed by atoms with Crippen molar-refractivity contribution in [2.24, 2.45) is 0 Å². The Morgan fingerprint density at radius 2 is 2.11 bits per heavy atom. The first-order valence-corrected chi connectivity index (χ1v) is 6.69. The molecule has 18 heavy (non-hydrogen) atoms. The van der Waals surface area contributed by atoms with Crippen molar-refractivity contribution in [3.63, 3.8) is 0 Å². The Morgan fingerprint density at radius 3 is 2.83 bits per heavy atom. The third kappa shape index (κ3) is 2.72. The zero-order valence-corrected chi connectivity index (χ0v) is 11.4. The van der Waals surface area contributed by atoms with Gasteiger partial charge in [-0.25, -0.2) is 0 Å². The van der Waals surface area contributed by atoms with Crippen LogP contribution in [0.3, 0.4) is 0 Å². The molecule has 0 aromatic heterocycles. The molecule has 2 rings (SSSR count). The molecular formula is C15H22N2O. The molecule has 0 amide bonds. The van der Waals surface area contributed by atoms with Crippen LogP contribution >= 0.6 is 0 Å². The maximum atomic E-state index is 11.5. The number of ketones is 1. The molecule has 2 unspecified atom stereocenters. The predicted octanol–water partition coefficient (Wildman–Crippen LogP) is 2.47. The van der Waals surface area contributed by atoms with E-state index in [9.17, 15) is 4.79 Å². The number of hydrogen-bond donors (Lipinski definition) is 1. The largest absolute Gasteiger partial charge is 0.365 e. The van der Waals surface area contributed by atoms with E-state index in [-0.39, 0.29) is 5.78 Å². The van der Waals surface area contributed by atoms with Crippen molar-refractivity contribution in [3.05, 3.63) is 29.8 Å². The number of rotatable bonds is 2. The molecule has 1 fully saturated rings. The smallest absolute Gasteiger partial charge is 0.159 e. The van der Waals surface area contributed by atoms with Crippen molar-refractivity contribution in [2.75, 3.05) is 18.0 Å².